The summed E-state index contributed by atoms with van der Waals surface area (Å²) in [5, 5.41) is 3.71. The minimum absolute atomic E-state index is 0.0750. The number of ketones is 1. The molecule has 0 bridgehead atoms. The highest BCUT2D eigenvalue weighted by molar-refractivity contribution is 6.30. The van der Waals surface area contributed by atoms with Crippen LogP contribution >= 0.6 is 11.6 Å². The normalized spacial score (nSPS) is 13.6. The fourth-order valence-corrected chi connectivity index (χ4v) is 3.55. The number of nitrogens with zero attached hydrogens (tertiary/aromatic N) is 1. The maximum Gasteiger partial charge on any atom is 0.166 e. The van der Waals surface area contributed by atoms with E-state index in [-0.39, 0.29) is 17.6 Å². The molecule has 0 aliphatic carbocycles. The lowest BCUT2D eigenvalue weighted by molar-refractivity contribution is 0.0988. The van der Waals surface area contributed by atoms with Gasteiger partial charge in [0.25, 0.3) is 0 Å². The smallest absolute Gasteiger partial charge is 0.166 e. The van der Waals surface area contributed by atoms with Gasteiger partial charge in [-0.15, -0.1) is 0 Å². The van der Waals surface area contributed by atoms with Crippen LogP contribution in [0.3, 0.4) is 0 Å². The van der Waals surface area contributed by atoms with Crippen LogP contribution in [0, 0.1) is 5.82 Å². The molecule has 154 valence electrons. The van der Waals surface area contributed by atoms with Crippen LogP contribution in [-0.2, 0) is 0 Å². The molecule has 3 aromatic rings. The van der Waals surface area contributed by atoms with E-state index in [1.165, 1.54) is 6.07 Å². The summed E-state index contributed by atoms with van der Waals surface area (Å²) in [4.78, 5) is 14.1. The Balaban J connectivity index is 1.38. The van der Waals surface area contributed by atoms with Crippen LogP contribution in [-0.4, -0.2) is 25.0 Å². The highest BCUT2D eigenvalue weighted by atomic mass is 35.5. The van der Waals surface area contributed by atoms with Crippen molar-refractivity contribution in [3.05, 3.63) is 83.1 Å². The van der Waals surface area contributed by atoms with Crippen LogP contribution in [0.25, 0.3) is 0 Å². The van der Waals surface area contributed by atoms with Crippen molar-refractivity contribution in [2.75, 3.05) is 23.3 Å². The minimum atomic E-state index is -0.448. The molecule has 1 fully saturated rings. The number of carbonyl (C=O) groups excluding carboxylic acids is 1. The number of nitrogens with one attached hydrogen (secondary N) is 1. The zero-order valence-electron chi connectivity index (χ0n) is 16.6. The van der Waals surface area contributed by atoms with Crippen LogP contribution < -0.4 is 15.0 Å². The molecule has 6 heteroatoms. The highest BCUT2D eigenvalue weighted by Crippen LogP contribution is 2.29. The molecule has 30 heavy (non-hydrogen) atoms. The molecule has 1 heterocycles. The Hall–Kier alpha value is -3.05. The van der Waals surface area contributed by atoms with Crippen molar-refractivity contribution >= 4 is 34.4 Å². The number of hydrogen-bond acceptors (Lipinski definition) is 4. The third kappa shape index (κ3) is 4.57. The third-order valence-electron chi connectivity index (χ3n) is 5.04. The van der Waals surface area contributed by atoms with E-state index in [0.717, 1.165) is 17.1 Å². The van der Waals surface area contributed by atoms with Gasteiger partial charge in [-0.3, -0.25) is 4.79 Å². The molecule has 1 aliphatic rings. The molecule has 3 aromatic carbocycles. The van der Waals surface area contributed by atoms with Gasteiger partial charge in [0.05, 0.1) is 13.1 Å². The van der Waals surface area contributed by atoms with Gasteiger partial charge in [-0.1, -0.05) is 36.7 Å². The van der Waals surface area contributed by atoms with Crippen LogP contribution in [0.1, 0.15) is 23.7 Å². The summed E-state index contributed by atoms with van der Waals surface area (Å²) >= 11 is 5.78. The first kappa shape index (κ1) is 20.2. The summed E-state index contributed by atoms with van der Waals surface area (Å²) in [5.74, 6) is -0.104. The Morgan fingerprint density at radius 2 is 1.83 bits per heavy atom. The second-order valence-corrected chi connectivity index (χ2v) is 7.69. The SMILES string of the molecule is CCC(=O)c1cccc(Nc2cccc(N3CC(Oc4ccc(Cl)cc4F)C3)c2)c1. The molecular formula is C24H22ClFN2O2. The molecule has 0 radical (unpaired) electrons. The number of rotatable bonds is 7. The van der Waals surface area contributed by atoms with Gasteiger partial charge in [-0.25, -0.2) is 4.39 Å². The number of ether oxygens (including phenoxy) is 1. The molecule has 0 saturated carbocycles. The van der Waals surface area contributed by atoms with E-state index in [0.29, 0.717) is 30.1 Å². The number of anilines is 3. The topological polar surface area (TPSA) is 41.6 Å². The van der Waals surface area contributed by atoms with Crippen molar-refractivity contribution in [3.63, 3.8) is 0 Å². The van der Waals surface area contributed by atoms with Crippen LogP contribution in [0.15, 0.2) is 66.7 Å². The van der Waals surface area contributed by atoms with Gasteiger partial charge in [0.15, 0.2) is 17.3 Å². The van der Waals surface area contributed by atoms with E-state index >= 15 is 0 Å². The molecule has 0 atom stereocenters. The van der Waals surface area contributed by atoms with Gasteiger partial charge < -0.3 is 15.0 Å². The van der Waals surface area contributed by atoms with Crippen molar-refractivity contribution in [1.29, 1.82) is 0 Å². The summed E-state index contributed by atoms with van der Waals surface area (Å²) in [5.41, 5.74) is 3.56. The molecule has 0 amide bonds. The second kappa shape index (κ2) is 8.76. The Morgan fingerprint density at radius 1 is 1.10 bits per heavy atom. The lowest BCUT2D eigenvalue weighted by Gasteiger charge is -2.40. The van der Waals surface area contributed by atoms with Crippen molar-refractivity contribution in [2.45, 2.75) is 19.4 Å². The molecule has 0 unspecified atom stereocenters. The lowest BCUT2D eigenvalue weighted by Crippen LogP contribution is -2.54. The summed E-state index contributed by atoms with van der Waals surface area (Å²) in [6.07, 6.45) is 0.408. The van der Waals surface area contributed by atoms with E-state index in [2.05, 4.69) is 10.2 Å². The van der Waals surface area contributed by atoms with Crippen LogP contribution in [0.5, 0.6) is 5.75 Å². The van der Waals surface area contributed by atoms with Gasteiger partial charge in [0.1, 0.15) is 6.10 Å². The fraction of sp³-hybridized carbons (Fsp3) is 0.208. The predicted molar refractivity (Wildman–Crippen MR) is 119 cm³/mol. The Kier molecular flexibility index (Phi) is 5.91. The lowest BCUT2D eigenvalue weighted by atomic mass is 10.1. The monoisotopic (exact) mass is 424 g/mol. The van der Waals surface area contributed by atoms with Gasteiger partial charge in [0.2, 0.25) is 0 Å². The average Bonchev–Trinajstić information content (AvgIpc) is 2.71. The molecule has 0 aromatic heterocycles. The maximum absolute atomic E-state index is 13.9. The molecule has 4 nitrogen and oxygen atoms in total. The first-order valence-electron chi connectivity index (χ1n) is 9.89. The number of benzene rings is 3. The molecule has 1 aliphatic heterocycles. The van der Waals surface area contributed by atoms with Gasteiger partial charge in [-0.05, 0) is 48.5 Å². The zero-order valence-corrected chi connectivity index (χ0v) is 17.3. The molecule has 4 rings (SSSR count). The summed E-state index contributed by atoms with van der Waals surface area (Å²) in [6, 6.07) is 20.0. The van der Waals surface area contributed by atoms with Gasteiger partial charge in [0, 0.05) is 34.1 Å². The van der Waals surface area contributed by atoms with Crippen LogP contribution in [0.2, 0.25) is 5.02 Å². The van der Waals surface area contributed by atoms with Crippen LogP contribution in [0.4, 0.5) is 21.5 Å². The molecule has 0 spiro atoms. The quantitative estimate of drug-likeness (QED) is 0.466. The van der Waals surface area contributed by atoms with Gasteiger partial charge in [-0.2, -0.15) is 0 Å². The van der Waals surface area contributed by atoms with Crippen molar-refractivity contribution in [3.8, 4) is 5.75 Å². The first-order chi connectivity index (χ1) is 14.5. The Morgan fingerprint density at radius 3 is 2.57 bits per heavy atom. The predicted octanol–water partition coefficient (Wildman–Crippen LogP) is 6.08. The first-order valence-corrected chi connectivity index (χ1v) is 10.3. The van der Waals surface area contributed by atoms with E-state index in [9.17, 15) is 9.18 Å². The number of hydrogen-bond donors (Lipinski definition) is 1. The van der Waals surface area contributed by atoms with Gasteiger partial charge >= 0.3 is 0 Å². The third-order valence-corrected chi connectivity index (χ3v) is 5.28. The molecule has 1 saturated heterocycles. The summed E-state index contributed by atoms with van der Waals surface area (Å²) in [6.45, 7) is 3.20. The largest absolute Gasteiger partial charge is 0.484 e. The van der Waals surface area contributed by atoms with Crippen molar-refractivity contribution < 1.29 is 13.9 Å². The number of halogens is 2. The van der Waals surface area contributed by atoms with Crippen molar-refractivity contribution in [2.24, 2.45) is 0 Å². The standard InChI is InChI=1S/C24H22ClFN2O2/c1-2-23(29)16-5-3-6-18(11-16)27-19-7-4-8-20(13-19)28-14-21(15-28)30-24-10-9-17(25)12-22(24)26/h3-13,21,27H,2,14-15H2,1H3. The van der Waals surface area contributed by atoms with Crippen molar-refractivity contribution in [1.82, 2.24) is 0 Å². The number of carbonyl (C=O) groups is 1. The zero-order chi connectivity index (χ0) is 21.1. The Labute approximate surface area is 180 Å². The van der Waals surface area contributed by atoms with E-state index < -0.39 is 5.82 Å². The molecular weight excluding hydrogens is 403 g/mol. The highest BCUT2D eigenvalue weighted by Gasteiger charge is 2.29. The van der Waals surface area contributed by atoms with E-state index in [1.807, 2.05) is 55.5 Å². The van der Waals surface area contributed by atoms with E-state index in [4.69, 9.17) is 16.3 Å². The Bertz CT molecular complexity index is 1070. The second-order valence-electron chi connectivity index (χ2n) is 7.25. The van der Waals surface area contributed by atoms with E-state index in [1.54, 1.807) is 12.1 Å². The average molecular weight is 425 g/mol. The maximum atomic E-state index is 13.9. The molecule has 1 N–H and O–H groups in total. The summed E-state index contributed by atoms with van der Waals surface area (Å²) in [7, 11) is 0. The number of Topliss-reactive ketones (excluding diaryl/α,β-unsaturated/α-hetero) is 1. The summed E-state index contributed by atoms with van der Waals surface area (Å²) < 4.78 is 19.6. The minimum Gasteiger partial charge on any atom is -0.484 e. The fourth-order valence-electron chi connectivity index (χ4n) is 3.40.